The molecule has 6 heteroatoms. The van der Waals surface area contributed by atoms with E-state index >= 15 is 0 Å². The molecule has 1 aliphatic rings. The van der Waals surface area contributed by atoms with E-state index < -0.39 is 5.60 Å². The van der Waals surface area contributed by atoms with Crippen molar-refractivity contribution in [2.75, 3.05) is 6.61 Å². The molecule has 1 amide bonds. The van der Waals surface area contributed by atoms with Gasteiger partial charge in [-0.3, -0.25) is 9.78 Å². The number of aromatic nitrogens is 3. The van der Waals surface area contributed by atoms with E-state index in [4.69, 9.17) is 4.74 Å². The summed E-state index contributed by atoms with van der Waals surface area (Å²) in [5, 5.41) is 2.86. The Balaban J connectivity index is 1.61. The number of hydrogen-bond donors (Lipinski definition) is 1. The van der Waals surface area contributed by atoms with E-state index in [9.17, 15) is 4.79 Å². The van der Waals surface area contributed by atoms with Gasteiger partial charge in [-0.25, -0.2) is 9.97 Å². The zero-order valence-corrected chi connectivity index (χ0v) is 14.1. The average molecular weight is 326 g/mol. The summed E-state index contributed by atoms with van der Waals surface area (Å²) >= 11 is 0. The van der Waals surface area contributed by atoms with Crippen LogP contribution < -0.4 is 5.32 Å². The quantitative estimate of drug-likeness (QED) is 0.934. The van der Waals surface area contributed by atoms with Crippen molar-refractivity contribution < 1.29 is 9.53 Å². The smallest absolute Gasteiger partial charge is 0.253 e. The summed E-state index contributed by atoms with van der Waals surface area (Å²) in [5.41, 5.74) is 1.96. The molecule has 1 N–H and O–H groups in total. The van der Waals surface area contributed by atoms with Gasteiger partial charge in [0.2, 0.25) is 0 Å². The number of rotatable bonds is 4. The Kier molecular flexibility index (Phi) is 4.85. The number of carbonyl (C=O) groups is 1. The van der Waals surface area contributed by atoms with Crippen LogP contribution in [0.15, 0.2) is 30.9 Å². The molecule has 1 atom stereocenters. The van der Waals surface area contributed by atoms with Crippen molar-refractivity contribution in [2.45, 2.75) is 45.3 Å². The Morgan fingerprint density at radius 1 is 1.25 bits per heavy atom. The molecule has 6 nitrogen and oxygen atoms in total. The normalized spacial score (nSPS) is 20.6. The molecule has 2 aromatic heterocycles. The van der Waals surface area contributed by atoms with Gasteiger partial charge in [0.1, 0.15) is 5.60 Å². The lowest BCUT2D eigenvalue weighted by Crippen LogP contribution is -2.32. The first-order valence-corrected chi connectivity index (χ1v) is 8.22. The monoisotopic (exact) mass is 326 g/mol. The van der Waals surface area contributed by atoms with E-state index in [1.54, 1.807) is 24.8 Å². The van der Waals surface area contributed by atoms with E-state index in [2.05, 4.69) is 20.3 Å². The highest BCUT2D eigenvalue weighted by molar-refractivity contribution is 5.93. The maximum atomic E-state index is 12.1. The zero-order chi connectivity index (χ0) is 17.0. The Hall–Kier alpha value is -2.34. The SMILES string of the molecule is Cc1cncc(C(=O)NCc2cnc(C3(C)CCCCO3)nc2)c1. The standard InChI is InChI=1S/C18H22N4O2/c1-13-7-15(12-19-8-13)16(23)20-9-14-10-21-17(22-11-14)18(2)5-3-4-6-24-18/h7-8,10-12H,3-6,9H2,1-2H3,(H,20,23). The van der Waals surface area contributed by atoms with Crippen LogP contribution in [0.4, 0.5) is 0 Å². The van der Waals surface area contributed by atoms with Crippen molar-refractivity contribution in [3.63, 3.8) is 0 Å². The predicted molar refractivity (Wildman–Crippen MR) is 89.3 cm³/mol. The Morgan fingerprint density at radius 2 is 2.04 bits per heavy atom. The highest BCUT2D eigenvalue weighted by Crippen LogP contribution is 2.32. The molecule has 0 bridgehead atoms. The molecule has 1 aliphatic heterocycles. The number of nitrogens with zero attached hydrogens (tertiary/aromatic N) is 3. The third kappa shape index (κ3) is 3.76. The van der Waals surface area contributed by atoms with Crippen molar-refractivity contribution >= 4 is 5.91 Å². The Morgan fingerprint density at radius 3 is 2.71 bits per heavy atom. The van der Waals surface area contributed by atoms with E-state index in [0.29, 0.717) is 17.9 Å². The fourth-order valence-electron chi connectivity index (χ4n) is 2.79. The summed E-state index contributed by atoms with van der Waals surface area (Å²) in [7, 11) is 0. The molecule has 2 aromatic rings. The van der Waals surface area contributed by atoms with Crippen LogP contribution in [-0.4, -0.2) is 27.5 Å². The van der Waals surface area contributed by atoms with Gasteiger partial charge >= 0.3 is 0 Å². The van der Waals surface area contributed by atoms with Gasteiger partial charge in [-0.05, 0) is 44.7 Å². The molecular weight excluding hydrogens is 304 g/mol. The lowest BCUT2D eigenvalue weighted by atomic mass is 9.95. The van der Waals surface area contributed by atoms with Crippen molar-refractivity contribution in [3.05, 3.63) is 53.4 Å². The molecule has 3 heterocycles. The maximum Gasteiger partial charge on any atom is 0.253 e. The van der Waals surface area contributed by atoms with Crippen molar-refractivity contribution in [2.24, 2.45) is 0 Å². The lowest BCUT2D eigenvalue weighted by molar-refractivity contribution is -0.0760. The van der Waals surface area contributed by atoms with Crippen molar-refractivity contribution in [3.8, 4) is 0 Å². The highest BCUT2D eigenvalue weighted by Gasteiger charge is 2.32. The van der Waals surface area contributed by atoms with Crippen LogP contribution in [0.2, 0.25) is 0 Å². The Bertz CT molecular complexity index is 709. The van der Waals surface area contributed by atoms with E-state index in [-0.39, 0.29) is 5.91 Å². The molecular formula is C18H22N4O2. The number of hydrogen-bond acceptors (Lipinski definition) is 5. The van der Waals surface area contributed by atoms with E-state index in [0.717, 1.165) is 37.0 Å². The summed E-state index contributed by atoms with van der Waals surface area (Å²) in [6, 6.07) is 1.81. The summed E-state index contributed by atoms with van der Waals surface area (Å²) in [6.45, 7) is 5.07. The second kappa shape index (κ2) is 7.05. The molecule has 0 radical (unpaired) electrons. The summed E-state index contributed by atoms with van der Waals surface area (Å²) < 4.78 is 5.86. The molecule has 0 saturated carbocycles. The summed E-state index contributed by atoms with van der Waals surface area (Å²) in [4.78, 5) is 25.0. The van der Waals surface area contributed by atoms with Crippen LogP contribution in [0.5, 0.6) is 0 Å². The molecule has 126 valence electrons. The molecule has 0 aromatic carbocycles. The second-order valence-electron chi connectivity index (χ2n) is 6.38. The van der Waals surface area contributed by atoms with Gasteiger partial charge < -0.3 is 10.1 Å². The Labute approximate surface area is 141 Å². The lowest BCUT2D eigenvalue weighted by Gasteiger charge is -2.32. The number of carbonyl (C=O) groups excluding carboxylic acids is 1. The number of pyridine rings is 1. The van der Waals surface area contributed by atoms with Gasteiger partial charge in [0.05, 0.1) is 5.56 Å². The molecule has 1 saturated heterocycles. The molecule has 0 spiro atoms. The van der Waals surface area contributed by atoms with Gasteiger partial charge in [-0.1, -0.05) is 0 Å². The van der Waals surface area contributed by atoms with Crippen LogP contribution in [0, 0.1) is 6.92 Å². The van der Waals surface area contributed by atoms with Gasteiger partial charge in [0, 0.05) is 43.5 Å². The van der Waals surface area contributed by atoms with Crippen LogP contribution in [0.3, 0.4) is 0 Å². The topological polar surface area (TPSA) is 77.0 Å². The molecule has 3 rings (SSSR count). The first kappa shape index (κ1) is 16.5. The van der Waals surface area contributed by atoms with E-state index in [1.165, 1.54) is 0 Å². The predicted octanol–water partition coefficient (Wildman–Crippen LogP) is 2.53. The second-order valence-corrected chi connectivity index (χ2v) is 6.38. The molecule has 1 unspecified atom stereocenters. The minimum atomic E-state index is -0.396. The van der Waals surface area contributed by atoms with Gasteiger partial charge in [-0.15, -0.1) is 0 Å². The van der Waals surface area contributed by atoms with Gasteiger partial charge in [0.15, 0.2) is 5.82 Å². The third-order valence-corrected chi connectivity index (χ3v) is 4.24. The number of nitrogens with one attached hydrogen (secondary N) is 1. The van der Waals surface area contributed by atoms with Crippen molar-refractivity contribution in [1.82, 2.24) is 20.3 Å². The van der Waals surface area contributed by atoms with Crippen LogP contribution in [-0.2, 0) is 16.9 Å². The number of aryl methyl sites for hydroxylation is 1. The summed E-state index contributed by atoms with van der Waals surface area (Å²) in [5.74, 6) is 0.554. The summed E-state index contributed by atoms with van der Waals surface area (Å²) in [6.07, 6.45) is 9.93. The van der Waals surface area contributed by atoms with Crippen LogP contribution in [0.25, 0.3) is 0 Å². The van der Waals surface area contributed by atoms with Crippen LogP contribution >= 0.6 is 0 Å². The number of amides is 1. The fourth-order valence-corrected chi connectivity index (χ4v) is 2.79. The van der Waals surface area contributed by atoms with Gasteiger partial charge in [-0.2, -0.15) is 0 Å². The fraction of sp³-hybridized carbons (Fsp3) is 0.444. The highest BCUT2D eigenvalue weighted by atomic mass is 16.5. The average Bonchev–Trinajstić information content (AvgIpc) is 2.61. The maximum absolute atomic E-state index is 12.1. The largest absolute Gasteiger partial charge is 0.367 e. The zero-order valence-electron chi connectivity index (χ0n) is 14.1. The third-order valence-electron chi connectivity index (χ3n) is 4.24. The first-order valence-electron chi connectivity index (χ1n) is 8.22. The van der Waals surface area contributed by atoms with Gasteiger partial charge in [0.25, 0.3) is 5.91 Å². The first-order chi connectivity index (χ1) is 11.6. The number of ether oxygens (including phenoxy) is 1. The minimum absolute atomic E-state index is 0.155. The van der Waals surface area contributed by atoms with E-state index in [1.807, 2.05) is 19.9 Å². The minimum Gasteiger partial charge on any atom is -0.367 e. The van der Waals surface area contributed by atoms with Crippen LogP contribution in [0.1, 0.15) is 53.5 Å². The molecule has 24 heavy (non-hydrogen) atoms. The van der Waals surface area contributed by atoms with Crippen molar-refractivity contribution in [1.29, 1.82) is 0 Å². The molecule has 1 fully saturated rings. The molecule has 0 aliphatic carbocycles.